The van der Waals surface area contributed by atoms with Gasteiger partial charge in [-0.15, -0.1) is 0 Å². The highest BCUT2D eigenvalue weighted by Crippen LogP contribution is 2.30. The van der Waals surface area contributed by atoms with Crippen molar-refractivity contribution in [1.29, 1.82) is 0 Å². The fourth-order valence-corrected chi connectivity index (χ4v) is 4.33. The maximum atomic E-state index is 13.0. The molecule has 2 aliphatic rings. The molecule has 2 heterocycles. The minimum Gasteiger partial charge on any atom is -0.494 e. The fourth-order valence-electron chi connectivity index (χ4n) is 4.33. The standard InChI is InChI=1S/C24H27N3O4/c1-3-26-13-5-6-18(26)15-25-22(28)16-7-12-20-21(14-16)24(30)27(23(20)29)17-8-10-19(11-9-17)31-4-2/h7-12,14,18H,3-6,13,15H2,1-2H3,(H,25,28). The van der Waals surface area contributed by atoms with Crippen molar-refractivity contribution < 1.29 is 19.1 Å². The van der Waals surface area contributed by atoms with Gasteiger partial charge in [0.15, 0.2) is 0 Å². The molecule has 0 aliphatic carbocycles. The molecular weight excluding hydrogens is 394 g/mol. The average Bonchev–Trinajstić information content (AvgIpc) is 3.35. The first-order valence-corrected chi connectivity index (χ1v) is 10.8. The van der Waals surface area contributed by atoms with Gasteiger partial charge in [0.2, 0.25) is 0 Å². The molecule has 2 aliphatic heterocycles. The summed E-state index contributed by atoms with van der Waals surface area (Å²) in [5, 5.41) is 2.98. The van der Waals surface area contributed by atoms with Crippen LogP contribution in [0.25, 0.3) is 0 Å². The van der Waals surface area contributed by atoms with Crippen LogP contribution in [0.5, 0.6) is 5.75 Å². The second-order valence-electron chi connectivity index (χ2n) is 7.77. The average molecular weight is 421 g/mol. The molecule has 162 valence electrons. The lowest BCUT2D eigenvalue weighted by molar-refractivity contribution is 0.0922. The second kappa shape index (κ2) is 8.89. The van der Waals surface area contributed by atoms with E-state index in [9.17, 15) is 14.4 Å². The van der Waals surface area contributed by atoms with E-state index in [2.05, 4.69) is 17.1 Å². The van der Waals surface area contributed by atoms with Gasteiger partial charge in [0.1, 0.15) is 5.75 Å². The minimum atomic E-state index is -0.424. The zero-order chi connectivity index (χ0) is 22.0. The van der Waals surface area contributed by atoms with Gasteiger partial charge < -0.3 is 10.1 Å². The molecule has 31 heavy (non-hydrogen) atoms. The molecule has 0 bridgehead atoms. The molecule has 1 unspecified atom stereocenters. The first-order chi connectivity index (χ1) is 15.0. The van der Waals surface area contributed by atoms with E-state index in [1.807, 2.05) is 6.92 Å². The number of nitrogens with zero attached hydrogens (tertiary/aromatic N) is 2. The predicted molar refractivity (Wildman–Crippen MR) is 118 cm³/mol. The van der Waals surface area contributed by atoms with Gasteiger partial charge in [0.05, 0.1) is 23.4 Å². The van der Waals surface area contributed by atoms with Crippen molar-refractivity contribution in [1.82, 2.24) is 10.2 Å². The van der Waals surface area contributed by atoms with Crippen molar-refractivity contribution in [3.63, 3.8) is 0 Å². The third kappa shape index (κ3) is 4.05. The number of hydrogen-bond acceptors (Lipinski definition) is 5. The molecule has 3 amide bonds. The third-order valence-corrected chi connectivity index (χ3v) is 5.96. The number of rotatable bonds is 7. The molecule has 0 aromatic heterocycles. The first-order valence-electron chi connectivity index (χ1n) is 10.8. The van der Waals surface area contributed by atoms with Crippen LogP contribution in [0.3, 0.4) is 0 Å². The van der Waals surface area contributed by atoms with E-state index in [0.717, 1.165) is 30.8 Å². The topological polar surface area (TPSA) is 79.0 Å². The van der Waals surface area contributed by atoms with Gasteiger partial charge in [-0.05, 0) is 75.3 Å². The number of hydrogen-bond donors (Lipinski definition) is 1. The molecule has 0 saturated carbocycles. The summed E-state index contributed by atoms with van der Waals surface area (Å²) in [6, 6.07) is 11.9. The molecule has 7 heteroatoms. The Bertz CT molecular complexity index is 1000. The highest BCUT2D eigenvalue weighted by Gasteiger charge is 2.37. The van der Waals surface area contributed by atoms with Crippen LogP contribution in [0.15, 0.2) is 42.5 Å². The summed E-state index contributed by atoms with van der Waals surface area (Å²) in [4.78, 5) is 42.0. The number of amides is 3. The lowest BCUT2D eigenvalue weighted by Gasteiger charge is -2.22. The van der Waals surface area contributed by atoms with E-state index in [-0.39, 0.29) is 17.4 Å². The van der Waals surface area contributed by atoms with Gasteiger partial charge in [-0.25, -0.2) is 4.90 Å². The largest absolute Gasteiger partial charge is 0.494 e. The van der Waals surface area contributed by atoms with Gasteiger partial charge in [-0.2, -0.15) is 0 Å². The van der Waals surface area contributed by atoms with E-state index in [1.165, 1.54) is 6.07 Å². The van der Waals surface area contributed by atoms with Crippen LogP contribution in [0.2, 0.25) is 0 Å². The Morgan fingerprint density at radius 1 is 1.06 bits per heavy atom. The molecular formula is C24H27N3O4. The van der Waals surface area contributed by atoms with Crippen molar-refractivity contribution in [2.45, 2.75) is 32.7 Å². The number of likely N-dealkylation sites (tertiary alicyclic amines) is 1. The Labute approximate surface area is 182 Å². The molecule has 2 aromatic carbocycles. The van der Waals surface area contributed by atoms with Crippen molar-refractivity contribution in [3.8, 4) is 5.75 Å². The molecule has 4 rings (SSSR count). The summed E-state index contributed by atoms with van der Waals surface area (Å²) < 4.78 is 5.42. The number of nitrogens with one attached hydrogen (secondary N) is 1. The minimum absolute atomic E-state index is 0.231. The lowest BCUT2D eigenvalue weighted by atomic mass is 10.1. The molecule has 1 saturated heterocycles. The molecule has 1 fully saturated rings. The maximum Gasteiger partial charge on any atom is 0.266 e. The van der Waals surface area contributed by atoms with Crippen molar-refractivity contribution in [2.75, 3.05) is 31.1 Å². The highest BCUT2D eigenvalue weighted by atomic mass is 16.5. The van der Waals surface area contributed by atoms with Crippen molar-refractivity contribution in [2.24, 2.45) is 0 Å². The predicted octanol–water partition coefficient (Wildman–Crippen LogP) is 3.10. The molecule has 2 aromatic rings. The Balaban J connectivity index is 1.49. The number of fused-ring (bicyclic) bond motifs is 1. The summed E-state index contributed by atoms with van der Waals surface area (Å²) in [7, 11) is 0. The Morgan fingerprint density at radius 2 is 1.81 bits per heavy atom. The Kier molecular flexibility index (Phi) is 6.04. The van der Waals surface area contributed by atoms with Gasteiger partial charge in [-0.1, -0.05) is 6.92 Å². The van der Waals surface area contributed by atoms with E-state index >= 15 is 0 Å². The zero-order valence-corrected chi connectivity index (χ0v) is 17.9. The van der Waals surface area contributed by atoms with Crippen LogP contribution in [0.1, 0.15) is 57.8 Å². The SMILES string of the molecule is CCOc1ccc(N2C(=O)c3ccc(C(=O)NCC4CCCN4CC)cc3C2=O)cc1. The normalized spacial score (nSPS) is 18.4. The van der Waals surface area contributed by atoms with E-state index in [1.54, 1.807) is 36.4 Å². The quantitative estimate of drug-likeness (QED) is 0.695. The van der Waals surface area contributed by atoms with Crippen LogP contribution < -0.4 is 15.0 Å². The van der Waals surface area contributed by atoms with Crippen LogP contribution in [-0.2, 0) is 0 Å². The van der Waals surface area contributed by atoms with Gasteiger partial charge in [-0.3, -0.25) is 19.3 Å². The Hall–Kier alpha value is -3.19. The number of imide groups is 1. The fraction of sp³-hybridized carbons (Fsp3) is 0.375. The molecule has 1 atom stereocenters. The maximum absolute atomic E-state index is 13.0. The van der Waals surface area contributed by atoms with E-state index < -0.39 is 5.91 Å². The highest BCUT2D eigenvalue weighted by molar-refractivity contribution is 6.34. The first kappa shape index (κ1) is 21.1. The summed E-state index contributed by atoms with van der Waals surface area (Å²) in [6.07, 6.45) is 2.22. The third-order valence-electron chi connectivity index (χ3n) is 5.96. The molecule has 7 nitrogen and oxygen atoms in total. The summed E-state index contributed by atoms with van der Waals surface area (Å²) >= 11 is 0. The van der Waals surface area contributed by atoms with Crippen LogP contribution in [0.4, 0.5) is 5.69 Å². The monoisotopic (exact) mass is 421 g/mol. The zero-order valence-electron chi connectivity index (χ0n) is 17.9. The van der Waals surface area contributed by atoms with E-state index in [0.29, 0.717) is 41.8 Å². The number of carbonyl (C=O) groups is 3. The smallest absolute Gasteiger partial charge is 0.266 e. The number of benzene rings is 2. The lowest BCUT2D eigenvalue weighted by Crippen LogP contribution is -2.40. The van der Waals surface area contributed by atoms with Gasteiger partial charge in [0.25, 0.3) is 17.7 Å². The van der Waals surface area contributed by atoms with Gasteiger partial charge >= 0.3 is 0 Å². The van der Waals surface area contributed by atoms with Crippen molar-refractivity contribution >= 4 is 23.4 Å². The van der Waals surface area contributed by atoms with Crippen LogP contribution in [0, 0.1) is 0 Å². The van der Waals surface area contributed by atoms with Crippen molar-refractivity contribution in [3.05, 3.63) is 59.2 Å². The van der Waals surface area contributed by atoms with Gasteiger partial charge in [0, 0.05) is 18.2 Å². The van der Waals surface area contributed by atoms with Crippen LogP contribution in [-0.4, -0.2) is 54.9 Å². The Morgan fingerprint density at radius 3 is 2.52 bits per heavy atom. The number of carbonyl (C=O) groups excluding carboxylic acids is 3. The van der Waals surface area contributed by atoms with Crippen LogP contribution >= 0.6 is 0 Å². The summed E-state index contributed by atoms with van der Waals surface area (Å²) in [5.41, 5.74) is 1.42. The number of likely N-dealkylation sites (N-methyl/N-ethyl adjacent to an activating group) is 1. The molecule has 1 N–H and O–H groups in total. The molecule has 0 spiro atoms. The van der Waals surface area contributed by atoms with E-state index in [4.69, 9.17) is 4.74 Å². The summed E-state index contributed by atoms with van der Waals surface area (Å²) in [5.74, 6) is -0.372. The molecule has 0 radical (unpaired) electrons. The number of ether oxygens (including phenoxy) is 1. The summed E-state index contributed by atoms with van der Waals surface area (Å²) in [6.45, 7) is 7.16. The number of anilines is 1. The second-order valence-corrected chi connectivity index (χ2v) is 7.77.